The second-order valence-electron chi connectivity index (χ2n) is 4.14. The van der Waals surface area contributed by atoms with Crippen molar-refractivity contribution in [3.63, 3.8) is 0 Å². The highest BCUT2D eigenvalue weighted by Crippen LogP contribution is 2.25. The number of rotatable bonds is 4. The Labute approximate surface area is 111 Å². The minimum absolute atomic E-state index is 0.00511. The van der Waals surface area contributed by atoms with Crippen LogP contribution in [-0.4, -0.2) is 17.1 Å². The number of carbonyl (C=O) groups is 1. The topological polar surface area (TPSA) is 49.3 Å². The molecule has 0 aliphatic heterocycles. The smallest absolute Gasteiger partial charge is 0.223 e. The largest absolute Gasteiger partial charge is 0.388 e. The minimum Gasteiger partial charge on any atom is -0.388 e. The van der Waals surface area contributed by atoms with E-state index in [0.717, 1.165) is 0 Å². The highest BCUT2D eigenvalue weighted by Gasteiger charge is 2.14. The maximum Gasteiger partial charge on any atom is 0.223 e. The zero-order valence-corrected chi connectivity index (χ0v) is 11.2. The molecular formula is C12H15Cl2NO2. The molecule has 2 N–H and O–H groups in total. The van der Waals surface area contributed by atoms with E-state index in [4.69, 9.17) is 23.2 Å². The average molecular weight is 276 g/mol. The number of hydrogen-bond acceptors (Lipinski definition) is 2. The van der Waals surface area contributed by atoms with Gasteiger partial charge >= 0.3 is 0 Å². The van der Waals surface area contributed by atoms with E-state index in [1.165, 1.54) is 0 Å². The lowest BCUT2D eigenvalue weighted by molar-refractivity contribution is -0.123. The third-order valence-electron chi connectivity index (χ3n) is 2.10. The number of hydrogen-bond donors (Lipinski definition) is 2. The van der Waals surface area contributed by atoms with Crippen LogP contribution in [-0.2, 0) is 4.79 Å². The first-order valence-corrected chi connectivity index (χ1v) is 6.07. The van der Waals surface area contributed by atoms with E-state index < -0.39 is 6.10 Å². The normalized spacial score (nSPS) is 12.6. The van der Waals surface area contributed by atoms with Gasteiger partial charge in [0.1, 0.15) is 0 Å². The first-order valence-electron chi connectivity index (χ1n) is 5.32. The quantitative estimate of drug-likeness (QED) is 0.888. The third-order valence-corrected chi connectivity index (χ3v) is 2.53. The fourth-order valence-corrected chi connectivity index (χ4v) is 1.98. The summed E-state index contributed by atoms with van der Waals surface area (Å²) in [6, 6.07) is 4.83. The molecule has 1 rings (SSSR count). The summed E-state index contributed by atoms with van der Waals surface area (Å²) in [5, 5.41) is 13.5. The molecule has 0 saturated carbocycles. The van der Waals surface area contributed by atoms with Crippen molar-refractivity contribution in [3.05, 3.63) is 33.8 Å². The van der Waals surface area contributed by atoms with E-state index in [2.05, 4.69) is 5.32 Å². The summed E-state index contributed by atoms with van der Waals surface area (Å²) < 4.78 is 0. The number of carbonyl (C=O) groups excluding carboxylic acids is 1. The lowest BCUT2D eigenvalue weighted by atomic mass is 10.1. The maximum absolute atomic E-state index is 11.5. The van der Waals surface area contributed by atoms with Gasteiger partial charge < -0.3 is 10.4 Å². The van der Waals surface area contributed by atoms with Crippen molar-refractivity contribution in [2.45, 2.75) is 32.4 Å². The number of aliphatic hydroxyl groups excluding tert-OH is 1. The summed E-state index contributed by atoms with van der Waals surface area (Å²) >= 11 is 11.6. The Morgan fingerprint density at radius 3 is 2.29 bits per heavy atom. The van der Waals surface area contributed by atoms with Crippen molar-refractivity contribution in [1.29, 1.82) is 0 Å². The Hall–Kier alpha value is -0.770. The van der Waals surface area contributed by atoms with Crippen molar-refractivity contribution in [2.24, 2.45) is 0 Å². The average Bonchev–Trinajstić information content (AvgIpc) is 2.14. The molecule has 0 bridgehead atoms. The molecule has 1 atom stereocenters. The van der Waals surface area contributed by atoms with E-state index in [9.17, 15) is 9.90 Å². The van der Waals surface area contributed by atoms with Crippen molar-refractivity contribution >= 4 is 29.1 Å². The second kappa shape index (κ2) is 6.24. The van der Waals surface area contributed by atoms with Crippen LogP contribution in [0.4, 0.5) is 0 Å². The van der Waals surface area contributed by atoms with Gasteiger partial charge in [0.2, 0.25) is 5.91 Å². The fraction of sp³-hybridized carbons (Fsp3) is 0.417. The number of nitrogens with one attached hydrogen (secondary N) is 1. The molecule has 1 aromatic carbocycles. The van der Waals surface area contributed by atoms with Gasteiger partial charge in [-0.15, -0.1) is 0 Å². The van der Waals surface area contributed by atoms with E-state index in [1.54, 1.807) is 18.2 Å². The van der Waals surface area contributed by atoms with E-state index >= 15 is 0 Å². The van der Waals surface area contributed by atoms with Crippen LogP contribution in [0.2, 0.25) is 10.0 Å². The fourth-order valence-electron chi connectivity index (χ4n) is 1.44. The van der Waals surface area contributed by atoms with Crippen LogP contribution in [0.3, 0.4) is 0 Å². The molecule has 0 radical (unpaired) electrons. The molecule has 0 aromatic heterocycles. The molecule has 0 aliphatic carbocycles. The monoisotopic (exact) mass is 275 g/mol. The molecule has 1 unspecified atom stereocenters. The highest BCUT2D eigenvalue weighted by atomic mass is 35.5. The van der Waals surface area contributed by atoms with Gasteiger partial charge in [0, 0.05) is 16.1 Å². The molecule has 0 aliphatic rings. The summed E-state index contributed by atoms with van der Waals surface area (Å²) in [5.74, 6) is -0.205. The van der Waals surface area contributed by atoms with Crippen LogP contribution in [0, 0.1) is 0 Å². The second-order valence-corrected chi connectivity index (χ2v) is 5.02. The Morgan fingerprint density at radius 1 is 1.29 bits per heavy atom. The molecule has 5 heteroatoms. The van der Waals surface area contributed by atoms with Gasteiger partial charge in [-0.1, -0.05) is 23.2 Å². The van der Waals surface area contributed by atoms with Crippen molar-refractivity contribution in [3.8, 4) is 0 Å². The van der Waals surface area contributed by atoms with Gasteiger partial charge in [0.15, 0.2) is 0 Å². The first kappa shape index (κ1) is 14.3. The summed E-state index contributed by atoms with van der Waals surface area (Å²) in [6.07, 6.45) is -0.903. The zero-order valence-electron chi connectivity index (χ0n) is 9.71. The molecule has 3 nitrogen and oxygen atoms in total. The van der Waals surface area contributed by atoms with Crippen molar-refractivity contribution < 1.29 is 9.90 Å². The van der Waals surface area contributed by atoms with Crippen LogP contribution >= 0.6 is 23.2 Å². The molecule has 1 amide bonds. The number of halogens is 2. The molecule has 0 fully saturated rings. The predicted molar refractivity (Wildman–Crippen MR) is 69.3 cm³/mol. The van der Waals surface area contributed by atoms with E-state index in [-0.39, 0.29) is 18.4 Å². The predicted octanol–water partition coefficient (Wildman–Crippen LogP) is 2.94. The maximum atomic E-state index is 11.5. The lowest BCUT2D eigenvalue weighted by Gasteiger charge is -2.13. The summed E-state index contributed by atoms with van der Waals surface area (Å²) in [4.78, 5) is 11.5. The van der Waals surface area contributed by atoms with E-state index in [1.807, 2.05) is 13.8 Å². The van der Waals surface area contributed by atoms with Gasteiger partial charge in [-0.05, 0) is 37.6 Å². The zero-order chi connectivity index (χ0) is 13.0. The highest BCUT2D eigenvalue weighted by molar-refractivity contribution is 6.34. The molecule has 0 spiro atoms. The summed E-state index contributed by atoms with van der Waals surface area (Å²) in [6.45, 7) is 3.72. The van der Waals surface area contributed by atoms with Crippen LogP contribution in [0.5, 0.6) is 0 Å². The third kappa shape index (κ3) is 4.94. The van der Waals surface area contributed by atoms with Crippen LogP contribution < -0.4 is 5.32 Å². The van der Waals surface area contributed by atoms with Gasteiger partial charge in [0.25, 0.3) is 0 Å². The number of aliphatic hydroxyl groups is 1. The molecule has 0 heterocycles. The molecular weight excluding hydrogens is 261 g/mol. The van der Waals surface area contributed by atoms with Crippen LogP contribution in [0.15, 0.2) is 18.2 Å². The molecule has 17 heavy (non-hydrogen) atoms. The van der Waals surface area contributed by atoms with Crippen LogP contribution in [0.25, 0.3) is 0 Å². The number of benzene rings is 1. The number of amides is 1. The summed E-state index contributed by atoms with van der Waals surface area (Å²) in [5.41, 5.74) is 0.543. The Kier molecular flexibility index (Phi) is 5.25. The van der Waals surface area contributed by atoms with Gasteiger partial charge in [-0.2, -0.15) is 0 Å². The minimum atomic E-state index is -0.898. The Balaban J connectivity index is 2.69. The van der Waals surface area contributed by atoms with E-state index in [0.29, 0.717) is 15.6 Å². The standard InChI is InChI=1S/C12H15Cl2NO2/c1-7(2)15-12(17)6-11(16)8-3-9(13)5-10(14)4-8/h3-5,7,11,16H,6H2,1-2H3,(H,15,17). The Bertz CT molecular complexity index is 387. The first-order chi connectivity index (χ1) is 7.88. The Morgan fingerprint density at radius 2 is 1.82 bits per heavy atom. The van der Waals surface area contributed by atoms with Crippen LogP contribution in [0.1, 0.15) is 31.9 Å². The van der Waals surface area contributed by atoms with Crippen molar-refractivity contribution in [1.82, 2.24) is 5.32 Å². The lowest BCUT2D eigenvalue weighted by Crippen LogP contribution is -2.31. The van der Waals surface area contributed by atoms with Gasteiger partial charge in [-0.3, -0.25) is 4.79 Å². The molecule has 0 saturated heterocycles. The van der Waals surface area contributed by atoms with Gasteiger partial charge in [-0.25, -0.2) is 0 Å². The molecule has 1 aromatic rings. The van der Waals surface area contributed by atoms with Gasteiger partial charge in [0.05, 0.1) is 12.5 Å². The summed E-state index contributed by atoms with van der Waals surface area (Å²) in [7, 11) is 0. The SMILES string of the molecule is CC(C)NC(=O)CC(O)c1cc(Cl)cc(Cl)c1. The molecule has 94 valence electrons. The van der Waals surface area contributed by atoms with Crippen molar-refractivity contribution in [2.75, 3.05) is 0 Å².